The third-order valence-electron chi connectivity index (χ3n) is 10.0. The average Bonchev–Trinajstić information content (AvgIpc) is 3.65. The second kappa shape index (κ2) is 9.88. The molecule has 0 saturated heterocycles. The maximum atomic E-state index is 5.01. The molecule has 3 aromatic heterocycles. The van der Waals surface area contributed by atoms with Crippen LogP contribution in [0.5, 0.6) is 0 Å². The van der Waals surface area contributed by atoms with E-state index in [1.807, 2.05) is 24.5 Å². The number of hydrogen-bond acceptors (Lipinski definition) is 3. The molecular formula is C42H30N4. The molecule has 10 rings (SSSR count). The van der Waals surface area contributed by atoms with Crippen LogP contribution >= 0.6 is 0 Å². The Hall–Kier alpha value is -5.74. The molecule has 4 heteroatoms. The van der Waals surface area contributed by atoms with Crippen LogP contribution in [-0.2, 0) is 0 Å². The summed E-state index contributed by atoms with van der Waals surface area (Å²) < 4.78 is 2.20. The largest absolute Gasteiger partial charge is 0.333 e. The van der Waals surface area contributed by atoms with Gasteiger partial charge in [0.05, 0.1) is 17.1 Å². The van der Waals surface area contributed by atoms with E-state index in [9.17, 15) is 0 Å². The van der Waals surface area contributed by atoms with Crippen LogP contribution < -0.4 is 4.90 Å². The first-order chi connectivity index (χ1) is 22.8. The highest BCUT2D eigenvalue weighted by molar-refractivity contribution is 6.12. The van der Waals surface area contributed by atoms with Crippen LogP contribution in [0.15, 0.2) is 146 Å². The van der Waals surface area contributed by atoms with E-state index in [2.05, 4.69) is 130 Å². The van der Waals surface area contributed by atoms with Gasteiger partial charge >= 0.3 is 0 Å². The smallest absolute Gasteiger partial charge is 0.138 e. The molecule has 7 aromatic rings. The molecule has 218 valence electrons. The Bertz CT molecular complexity index is 2510. The molecule has 4 nitrogen and oxygen atoms in total. The normalized spacial score (nSPS) is 17.3. The summed E-state index contributed by atoms with van der Waals surface area (Å²) in [7, 11) is 0. The number of aromatic nitrogens is 3. The molecule has 46 heavy (non-hydrogen) atoms. The van der Waals surface area contributed by atoms with Crippen LogP contribution in [0.4, 0.5) is 5.69 Å². The minimum atomic E-state index is 0.307. The quantitative estimate of drug-likeness (QED) is 0.192. The number of para-hydroxylation sites is 1. The Kier molecular flexibility index (Phi) is 5.49. The van der Waals surface area contributed by atoms with E-state index in [4.69, 9.17) is 4.98 Å². The number of anilines is 1. The second-order valence-corrected chi connectivity index (χ2v) is 12.6. The molecule has 4 aromatic carbocycles. The molecule has 0 N–H and O–H groups in total. The van der Waals surface area contributed by atoms with E-state index < -0.39 is 0 Å². The van der Waals surface area contributed by atoms with Crippen molar-refractivity contribution in [3.05, 3.63) is 157 Å². The molecule has 0 amide bonds. The molecule has 0 bridgehead atoms. The van der Waals surface area contributed by atoms with Crippen molar-refractivity contribution in [1.82, 2.24) is 14.4 Å². The zero-order valence-electron chi connectivity index (χ0n) is 25.3. The topological polar surface area (TPSA) is 33.4 Å². The third kappa shape index (κ3) is 3.86. The molecular weight excluding hydrogens is 560 g/mol. The van der Waals surface area contributed by atoms with E-state index in [1.165, 1.54) is 55.2 Å². The molecule has 1 unspecified atom stereocenters. The molecule has 3 aliphatic rings. The second-order valence-electron chi connectivity index (χ2n) is 12.6. The van der Waals surface area contributed by atoms with Crippen LogP contribution in [0.2, 0.25) is 0 Å². The van der Waals surface area contributed by atoms with Crippen LogP contribution in [0, 0.1) is 0 Å². The van der Waals surface area contributed by atoms with Gasteiger partial charge in [0.25, 0.3) is 0 Å². The Balaban J connectivity index is 1.04. The Labute approximate surface area is 267 Å². The molecule has 2 aliphatic carbocycles. The predicted molar refractivity (Wildman–Crippen MR) is 191 cm³/mol. The van der Waals surface area contributed by atoms with Crippen molar-refractivity contribution in [2.24, 2.45) is 0 Å². The summed E-state index contributed by atoms with van der Waals surface area (Å²) in [5.41, 5.74) is 13.5. The first kappa shape index (κ1) is 25.6. The van der Waals surface area contributed by atoms with Gasteiger partial charge in [0.15, 0.2) is 0 Å². The highest BCUT2D eigenvalue weighted by Crippen LogP contribution is 2.48. The number of pyridine rings is 2. The molecule has 0 spiro atoms. The minimum absolute atomic E-state index is 0.307. The molecule has 0 fully saturated rings. The first-order valence-corrected chi connectivity index (χ1v) is 16.1. The summed E-state index contributed by atoms with van der Waals surface area (Å²) >= 11 is 0. The number of nitrogens with zero attached hydrogens (tertiary/aromatic N) is 4. The summed E-state index contributed by atoms with van der Waals surface area (Å²) in [5.74, 6) is 0. The van der Waals surface area contributed by atoms with E-state index in [-0.39, 0.29) is 0 Å². The fourth-order valence-electron chi connectivity index (χ4n) is 7.79. The lowest BCUT2D eigenvalue weighted by Gasteiger charge is -2.32. The van der Waals surface area contributed by atoms with Gasteiger partial charge in [-0.05, 0) is 123 Å². The van der Waals surface area contributed by atoms with E-state index in [0.29, 0.717) is 6.04 Å². The lowest BCUT2D eigenvalue weighted by atomic mass is 9.87. The summed E-state index contributed by atoms with van der Waals surface area (Å²) in [5, 5.41) is 5.00. The lowest BCUT2D eigenvalue weighted by Crippen LogP contribution is -2.31. The van der Waals surface area contributed by atoms with Crippen LogP contribution in [-0.4, -0.2) is 20.4 Å². The Morgan fingerprint density at radius 2 is 1.61 bits per heavy atom. The van der Waals surface area contributed by atoms with Crippen molar-refractivity contribution in [3.63, 3.8) is 0 Å². The van der Waals surface area contributed by atoms with E-state index in [0.717, 1.165) is 47.1 Å². The minimum Gasteiger partial charge on any atom is -0.333 e. The van der Waals surface area contributed by atoms with Gasteiger partial charge in [-0.3, -0.25) is 9.38 Å². The average molecular weight is 591 g/mol. The summed E-state index contributed by atoms with van der Waals surface area (Å²) in [6.07, 6.45) is 20.7. The lowest BCUT2D eigenvalue weighted by molar-refractivity contribution is 0.804. The first-order valence-electron chi connectivity index (χ1n) is 16.1. The maximum Gasteiger partial charge on any atom is 0.138 e. The van der Waals surface area contributed by atoms with Gasteiger partial charge in [-0.15, -0.1) is 0 Å². The third-order valence-corrected chi connectivity index (χ3v) is 10.0. The number of imidazole rings is 1. The number of benzene rings is 4. The van der Waals surface area contributed by atoms with Crippen LogP contribution in [0.25, 0.3) is 60.5 Å². The standard InChI is InChI=1S/C42H30N4/c1-2-6-33(7-3-1)46-39-9-5-4-8-35(39)36-15-13-29(24-40(36)46)28-12-14-34-31(22-28)10-11-32-23-38-41(26-37(32)34)45-21-18-30(25-42(45)44-38)27-16-19-43-20-17-27/h2,4-23,25-26,40H,1,3,24H2. The van der Waals surface area contributed by atoms with Crippen molar-refractivity contribution >= 4 is 55.1 Å². The molecule has 1 atom stereocenters. The van der Waals surface area contributed by atoms with Gasteiger partial charge in [0.2, 0.25) is 0 Å². The van der Waals surface area contributed by atoms with Crippen LogP contribution in [0.1, 0.15) is 30.4 Å². The molecule has 0 saturated carbocycles. The monoisotopic (exact) mass is 590 g/mol. The van der Waals surface area contributed by atoms with Crippen molar-refractivity contribution in [2.45, 2.75) is 25.3 Å². The summed E-state index contributed by atoms with van der Waals surface area (Å²) in [4.78, 5) is 11.7. The predicted octanol–water partition coefficient (Wildman–Crippen LogP) is 10.1. The molecule has 4 heterocycles. The zero-order chi connectivity index (χ0) is 30.2. The molecule has 1 aliphatic heterocycles. The summed E-state index contributed by atoms with van der Waals surface area (Å²) in [6, 6.07) is 33.7. The number of hydrogen-bond donors (Lipinski definition) is 0. The SMILES string of the molecule is C1=CC(N2c3ccccc3C3=CC=C(c4ccc5c(ccc6cc7nc8cc(-c9ccncc9)ccn8c7cc65)c4)CC32)=CCC1. The summed E-state index contributed by atoms with van der Waals surface area (Å²) in [6.45, 7) is 0. The van der Waals surface area contributed by atoms with E-state index >= 15 is 0 Å². The van der Waals surface area contributed by atoms with Crippen molar-refractivity contribution in [2.75, 3.05) is 4.90 Å². The van der Waals surface area contributed by atoms with Crippen LogP contribution in [0.3, 0.4) is 0 Å². The van der Waals surface area contributed by atoms with Gasteiger partial charge in [0.1, 0.15) is 5.65 Å². The maximum absolute atomic E-state index is 5.01. The highest BCUT2D eigenvalue weighted by atomic mass is 15.2. The van der Waals surface area contributed by atoms with Gasteiger partial charge < -0.3 is 4.90 Å². The van der Waals surface area contributed by atoms with Crippen molar-refractivity contribution in [3.8, 4) is 11.1 Å². The van der Waals surface area contributed by atoms with Gasteiger partial charge in [-0.1, -0.05) is 66.8 Å². The van der Waals surface area contributed by atoms with Crippen molar-refractivity contribution in [1.29, 1.82) is 0 Å². The number of fused-ring (bicyclic) bond motifs is 9. The van der Waals surface area contributed by atoms with E-state index in [1.54, 1.807) is 0 Å². The fraction of sp³-hybridized carbons (Fsp3) is 0.0952. The van der Waals surface area contributed by atoms with Gasteiger partial charge in [0, 0.05) is 35.5 Å². The van der Waals surface area contributed by atoms with Gasteiger partial charge in [-0.2, -0.15) is 0 Å². The zero-order valence-corrected chi connectivity index (χ0v) is 25.3. The molecule has 0 radical (unpaired) electrons. The van der Waals surface area contributed by atoms with Gasteiger partial charge in [-0.25, -0.2) is 4.98 Å². The fourth-order valence-corrected chi connectivity index (χ4v) is 7.79. The highest BCUT2D eigenvalue weighted by Gasteiger charge is 2.37. The number of rotatable bonds is 3. The van der Waals surface area contributed by atoms with Crippen molar-refractivity contribution < 1.29 is 0 Å². The Morgan fingerprint density at radius 1 is 0.717 bits per heavy atom. The number of allylic oxidation sites excluding steroid dienone is 5. The Morgan fingerprint density at radius 3 is 2.50 bits per heavy atom.